The quantitative estimate of drug-likeness (QED) is 0.871. The Balaban J connectivity index is 1.34. The number of amides is 2. The van der Waals surface area contributed by atoms with E-state index in [4.69, 9.17) is 0 Å². The van der Waals surface area contributed by atoms with Crippen LogP contribution in [0.5, 0.6) is 0 Å². The monoisotopic (exact) mass is 356 g/mol. The summed E-state index contributed by atoms with van der Waals surface area (Å²) in [4.78, 5) is 26.5. The molecule has 0 unspecified atom stereocenters. The number of carbonyl (C=O) groups excluding carboxylic acids is 2. The Morgan fingerprint density at radius 1 is 1.12 bits per heavy atom. The van der Waals surface area contributed by atoms with Crippen LogP contribution in [-0.2, 0) is 16.0 Å². The molecule has 3 aliphatic rings. The van der Waals surface area contributed by atoms with E-state index >= 15 is 0 Å². The third-order valence-corrected chi connectivity index (χ3v) is 6.35. The second kappa shape index (κ2) is 7.03. The minimum atomic E-state index is -0.257. The van der Waals surface area contributed by atoms with Crippen molar-refractivity contribution in [3.63, 3.8) is 0 Å². The number of rotatable bonds is 4. The van der Waals surface area contributed by atoms with Crippen molar-refractivity contribution in [2.24, 2.45) is 11.3 Å². The second-order valence-corrected chi connectivity index (χ2v) is 8.33. The van der Waals surface area contributed by atoms with Crippen LogP contribution in [0.15, 0.2) is 24.3 Å². The smallest absolute Gasteiger partial charge is 0.227 e. The molecular weight excluding hydrogens is 328 g/mol. The van der Waals surface area contributed by atoms with Crippen LogP contribution < -0.4 is 5.32 Å². The van der Waals surface area contributed by atoms with Crippen molar-refractivity contribution in [1.82, 2.24) is 4.90 Å². The van der Waals surface area contributed by atoms with E-state index in [0.717, 1.165) is 62.7 Å². The van der Waals surface area contributed by atoms with Crippen LogP contribution in [0.2, 0.25) is 0 Å². The number of nitrogens with zero attached hydrogens (tertiary/aromatic N) is 1. The molecule has 1 aromatic carbocycles. The minimum absolute atomic E-state index is 0.0646. The molecule has 2 saturated carbocycles. The molecule has 1 aliphatic heterocycles. The minimum Gasteiger partial charge on any atom is -0.392 e. The Morgan fingerprint density at radius 3 is 2.50 bits per heavy atom. The van der Waals surface area contributed by atoms with Crippen LogP contribution in [0.4, 0.5) is 5.69 Å². The molecule has 5 heteroatoms. The highest BCUT2D eigenvalue weighted by Gasteiger charge is 2.45. The van der Waals surface area contributed by atoms with E-state index in [9.17, 15) is 14.7 Å². The normalized spacial score (nSPS) is 28.3. The molecular formula is C21H28N2O3. The summed E-state index contributed by atoms with van der Waals surface area (Å²) < 4.78 is 0. The van der Waals surface area contributed by atoms with Crippen molar-refractivity contribution in [1.29, 1.82) is 0 Å². The summed E-state index contributed by atoms with van der Waals surface area (Å²) in [6.45, 7) is 1.49. The summed E-state index contributed by atoms with van der Waals surface area (Å²) in [6, 6.07) is 7.59. The van der Waals surface area contributed by atoms with Gasteiger partial charge >= 0.3 is 0 Å². The van der Waals surface area contributed by atoms with Crippen LogP contribution in [0, 0.1) is 11.3 Å². The van der Waals surface area contributed by atoms with Crippen LogP contribution in [-0.4, -0.2) is 41.0 Å². The van der Waals surface area contributed by atoms with Gasteiger partial charge in [-0.1, -0.05) is 18.6 Å². The van der Waals surface area contributed by atoms with Crippen molar-refractivity contribution in [3.05, 3.63) is 29.8 Å². The number of nitrogens with one attached hydrogen (secondary N) is 1. The first kappa shape index (κ1) is 17.5. The molecule has 0 bridgehead atoms. The molecule has 0 aromatic heterocycles. The topological polar surface area (TPSA) is 69.6 Å². The lowest BCUT2D eigenvalue weighted by molar-refractivity contribution is -0.135. The van der Waals surface area contributed by atoms with Gasteiger partial charge in [0.25, 0.3) is 0 Å². The third kappa shape index (κ3) is 3.63. The molecule has 2 atom stereocenters. The lowest BCUT2D eigenvalue weighted by Gasteiger charge is -2.42. The number of likely N-dealkylation sites (tertiary alicyclic amines) is 1. The molecule has 26 heavy (non-hydrogen) atoms. The summed E-state index contributed by atoms with van der Waals surface area (Å²) in [6.07, 6.45) is 7.09. The fourth-order valence-electron chi connectivity index (χ4n) is 4.55. The Labute approximate surface area is 154 Å². The molecule has 1 heterocycles. The van der Waals surface area contributed by atoms with Gasteiger partial charge in [-0.3, -0.25) is 9.59 Å². The molecule has 0 radical (unpaired) electrons. The van der Waals surface area contributed by atoms with Crippen molar-refractivity contribution in [2.75, 3.05) is 18.4 Å². The number of hydrogen-bond acceptors (Lipinski definition) is 3. The SMILES string of the molecule is O=C(Nc1ccc(CC(=O)N2CCC[C@@]3(CCC[C@H]3O)C2)cc1)C1CC1. The zero-order chi connectivity index (χ0) is 18.1. The number of hydrogen-bond donors (Lipinski definition) is 2. The molecule has 1 saturated heterocycles. The van der Waals surface area contributed by atoms with Gasteiger partial charge in [0.15, 0.2) is 0 Å². The van der Waals surface area contributed by atoms with E-state index in [2.05, 4.69) is 5.32 Å². The van der Waals surface area contributed by atoms with E-state index in [1.54, 1.807) is 0 Å². The molecule has 2 aliphatic carbocycles. The van der Waals surface area contributed by atoms with E-state index in [1.165, 1.54) is 0 Å². The predicted molar refractivity (Wildman–Crippen MR) is 99.6 cm³/mol. The maximum atomic E-state index is 12.7. The van der Waals surface area contributed by atoms with Crippen molar-refractivity contribution in [2.45, 2.75) is 57.5 Å². The number of aliphatic hydroxyl groups is 1. The van der Waals surface area contributed by atoms with Gasteiger partial charge < -0.3 is 15.3 Å². The number of benzene rings is 1. The van der Waals surface area contributed by atoms with Crippen LogP contribution in [0.1, 0.15) is 50.5 Å². The maximum absolute atomic E-state index is 12.7. The Kier molecular flexibility index (Phi) is 4.74. The standard InChI is InChI=1S/C21H28N2O3/c24-18-3-1-10-21(18)11-2-12-23(14-21)19(25)13-15-4-8-17(9-5-15)22-20(26)16-6-7-16/h4-5,8-9,16,18,24H,1-3,6-7,10-14H2,(H,22,26)/t18-,21+/m1/s1. The van der Waals surface area contributed by atoms with Crippen LogP contribution in [0.25, 0.3) is 0 Å². The van der Waals surface area contributed by atoms with Gasteiger partial charge in [0.1, 0.15) is 0 Å². The molecule has 2 N–H and O–H groups in total. The lowest BCUT2D eigenvalue weighted by atomic mass is 9.76. The first-order valence-corrected chi connectivity index (χ1v) is 9.91. The van der Waals surface area contributed by atoms with Gasteiger partial charge in [0.05, 0.1) is 12.5 Å². The Hall–Kier alpha value is -1.88. The summed E-state index contributed by atoms with van der Waals surface area (Å²) in [7, 11) is 0. The zero-order valence-electron chi connectivity index (χ0n) is 15.2. The van der Waals surface area contributed by atoms with E-state index in [0.29, 0.717) is 13.0 Å². The third-order valence-electron chi connectivity index (χ3n) is 6.35. The van der Waals surface area contributed by atoms with Gasteiger partial charge in [-0.05, 0) is 56.2 Å². The average Bonchev–Trinajstić information content (AvgIpc) is 3.44. The zero-order valence-corrected chi connectivity index (χ0v) is 15.2. The van der Waals surface area contributed by atoms with E-state index < -0.39 is 0 Å². The number of piperidine rings is 1. The fraction of sp³-hybridized carbons (Fsp3) is 0.619. The number of anilines is 1. The number of aliphatic hydroxyl groups excluding tert-OH is 1. The molecule has 4 rings (SSSR count). The molecule has 3 fully saturated rings. The second-order valence-electron chi connectivity index (χ2n) is 8.33. The lowest BCUT2D eigenvalue weighted by Crippen LogP contribution is -2.49. The van der Waals surface area contributed by atoms with Gasteiger partial charge in [0, 0.05) is 30.1 Å². The summed E-state index contributed by atoms with van der Waals surface area (Å²) in [5.41, 5.74) is 1.69. The number of carbonyl (C=O) groups is 2. The van der Waals surface area contributed by atoms with E-state index in [-0.39, 0.29) is 29.3 Å². The molecule has 1 spiro atoms. The average molecular weight is 356 g/mol. The first-order valence-electron chi connectivity index (χ1n) is 9.91. The highest BCUT2D eigenvalue weighted by Crippen LogP contribution is 2.45. The summed E-state index contributed by atoms with van der Waals surface area (Å²) in [5.74, 6) is 0.425. The maximum Gasteiger partial charge on any atom is 0.227 e. The molecule has 5 nitrogen and oxygen atoms in total. The largest absolute Gasteiger partial charge is 0.392 e. The van der Waals surface area contributed by atoms with Crippen LogP contribution >= 0.6 is 0 Å². The molecule has 140 valence electrons. The Bertz CT molecular complexity index is 683. The summed E-state index contributed by atoms with van der Waals surface area (Å²) >= 11 is 0. The fourth-order valence-corrected chi connectivity index (χ4v) is 4.55. The van der Waals surface area contributed by atoms with Gasteiger partial charge in [-0.25, -0.2) is 0 Å². The summed E-state index contributed by atoms with van der Waals surface area (Å²) in [5, 5.41) is 13.3. The van der Waals surface area contributed by atoms with Crippen molar-refractivity contribution >= 4 is 17.5 Å². The van der Waals surface area contributed by atoms with Gasteiger partial charge in [-0.15, -0.1) is 0 Å². The highest BCUT2D eigenvalue weighted by molar-refractivity contribution is 5.94. The van der Waals surface area contributed by atoms with Crippen LogP contribution in [0.3, 0.4) is 0 Å². The van der Waals surface area contributed by atoms with Gasteiger partial charge in [0.2, 0.25) is 11.8 Å². The molecule has 2 amide bonds. The van der Waals surface area contributed by atoms with Crippen molar-refractivity contribution < 1.29 is 14.7 Å². The van der Waals surface area contributed by atoms with Gasteiger partial charge in [-0.2, -0.15) is 0 Å². The highest BCUT2D eigenvalue weighted by atomic mass is 16.3. The predicted octanol–water partition coefficient (Wildman–Crippen LogP) is 2.73. The van der Waals surface area contributed by atoms with E-state index in [1.807, 2.05) is 29.2 Å². The first-order chi connectivity index (χ1) is 12.6. The van der Waals surface area contributed by atoms with Crippen molar-refractivity contribution in [3.8, 4) is 0 Å². The Morgan fingerprint density at radius 2 is 1.85 bits per heavy atom. The molecule has 1 aromatic rings.